The third-order valence-corrected chi connectivity index (χ3v) is 12.6. The van der Waals surface area contributed by atoms with Crippen molar-refractivity contribution in [3.63, 3.8) is 0 Å². The molecule has 0 aromatic carbocycles. The van der Waals surface area contributed by atoms with E-state index >= 15 is 0 Å². The highest BCUT2D eigenvalue weighted by atomic mass is 16.5. The fourth-order valence-corrected chi connectivity index (χ4v) is 8.34. The van der Waals surface area contributed by atoms with E-state index in [1.165, 1.54) is 148 Å². The first-order valence-corrected chi connectivity index (χ1v) is 28.2. The largest absolute Gasteiger partial charge is 0.462 e. The van der Waals surface area contributed by atoms with Crippen molar-refractivity contribution in [2.75, 3.05) is 6.61 Å². The second-order valence-corrected chi connectivity index (χ2v) is 19.1. The molecule has 0 aliphatic carbocycles. The average Bonchev–Trinajstić information content (AvgIpc) is 3.31. The lowest BCUT2D eigenvalue weighted by Crippen LogP contribution is -2.46. The van der Waals surface area contributed by atoms with Gasteiger partial charge in [-0.2, -0.15) is 0 Å². The van der Waals surface area contributed by atoms with Gasteiger partial charge >= 0.3 is 5.97 Å². The maximum Gasteiger partial charge on any atom is 0.306 e. The number of aliphatic hydroxyl groups excluding tert-OH is 2. The molecule has 3 atom stereocenters. The molecule has 1 amide bonds. The number of ether oxygens (including phenoxy) is 1. The van der Waals surface area contributed by atoms with Crippen molar-refractivity contribution in [3.05, 3.63) is 72.9 Å². The number of carbonyl (C=O) groups excluding carboxylic acids is 2. The van der Waals surface area contributed by atoms with E-state index in [9.17, 15) is 19.8 Å². The smallest absolute Gasteiger partial charge is 0.306 e. The molecule has 382 valence electrons. The summed E-state index contributed by atoms with van der Waals surface area (Å²) < 4.78 is 5.93. The van der Waals surface area contributed by atoms with Crippen molar-refractivity contribution < 1.29 is 24.5 Å². The first-order chi connectivity index (χ1) is 32.5. The number of amides is 1. The summed E-state index contributed by atoms with van der Waals surface area (Å²) in [7, 11) is 0. The van der Waals surface area contributed by atoms with E-state index < -0.39 is 18.2 Å². The Kier molecular flexibility index (Phi) is 51.1. The van der Waals surface area contributed by atoms with Crippen LogP contribution in [0.5, 0.6) is 0 Å². The Bertz CT molecular complexity index is 1220. The van der Waals surface area contributed by atoms with Crippen LogP contribution < -0.4 is 5.32 Å². The van der Waals surface area contributed by atoms with Crippen molar-refractivity contribution in [2.24, 2.45) is 0 Å². The number of carbonyl (C=O) groups is 2. The molecule has 3 N–H and O–H groups in total. The topological polar surface area (TPSA) is 95.9 Å². The number of unbranched alkanes of at least 4 members (excludes halogenated alkanes) is 30. The fourth-order valence-electron chi connectivity index (χ4n) is 8.34. The van der Waals surface area contributed by atoms with Crippen molar-refractivity contribution in [1.29, 1.82) is 0 Å². The minimum Gasteiger partial charge on any atom is -0.462 e. The molecule has 0 bridgehead atoms. The van der Waals surface area contributed by atoms with Crippen LogP contribution in [-0.4, -0.2) is 46.9 Å². The van der Waals surface area contributed by atoms with Crippen LogP contribution in [0.2, 0.25) is 0 Å². The van der Waals surface area contributed by atoms with Gasteiger partial charge < -0.3 is 20.3 Å². The van der Waals surface area contributed by atoms with Crippen LogP contribution in [0.3, 0.4) is 0 Å². The molecule has 0 heterocycles. The molecule has 0 saturated heterocycles. The Morgan fingerprint density at radius 3 is 1.29 bits per heavy atom. The number of esters is 1. The van der Waals surface area contributed by atoms with Crippen LogP contribution in [0, 0.1) is 0 Å². The van der Waals surface area contributed by atoms with Gasteiger partial charge in [0.15, 0.2) is 0 Å². The lowest BCUT2D eigenvalue weighted by molar-refractivity contribution is -0.151. The number of hydrogen-bond donors (Lipinski definition) is 3. The summed E-state index contributed by atoms with van der Waals surface area (Å²) in [5, 5.41) is 23.9. The third-order valence-electron chi connectivity index (χ3n) is 12.6. The number of hydrogen-bond acceptors (Lipinski definition) is 5. The van der Waals surface area contributed by atoms with Crippen molar-refractivity contribution >= 4 is 11.9 Å². The first kappa shape index (κ1) is 63.3. The third kappa shape index (κ3) is 47.8. The van der Waals surface area contributed by atoms with E-state index in [1.54, 1.807) is 0 Å². The van der Waals surface area contributed by atoms with Gasteiger partial charge in [-0.25, -0.2) is 0 Å². The summed E-state index contributed by atoms with van der Waals surface area (Å²) in [5.41, 5.74) is 0. The Morgan fingerprint density at radius 1 is 0.439 bits per heavy atom. The van der Waals surface area contributed by atoms with E-state index in [1.807, 2.05) is 36.5 Å². The van der Waals surface area contributed by atoms with Crippen LogP contribution in [0.15, 0.2) is 72.9 Å². The van der Waals surface area contributed by atoms with Gasteiger partial charge in [-0.3, -0.25) is 9.59 Å². The minimum atomic E-state index is -0.804. The Hall–Kier alpha value is -2.70. The predicted molar refractivity (Wildman–Crippen MR) is 287 cm³/mol. The zero-order chi connectivity index (χ0) is 48.1. The van der Waals surface area contributed by atoms with Crippen molar-refractivity contribution in [3.8, 4) is 0 Å². The number of allylic oxidation sites excluding steroid dienone is 12. The number of nitrogens with one attached hydrogen (secondary N) is 1. The molecule has 3 unspecified atom stereocenters. The molecule has 0 aromatic rings. The van der Waals surface area contributed by atoms with Gasteiger partial charge in [-0.05, 0) is 70.6 Å². The van der Waals surface area contributed by atoms with Gasteiger partial charge in [0.1, 0.15) is 6.10 Å². The summed E-state index contributed by atoms with van der Waals surface area (Å²) in [4.78, 5) is 26.2. The number of rotatable bonds is 50. The van der Waals surface area contributed by atoms with Crippen LogP contribution in [-0.2, 0) is 14.3 Å². The molecule has 0 saturated carbocycles. The predicted octanol–water partition coefficient (Wildman–Crippen LogP) is 17.3. The maximum atomic E-state index is 13.3. The minimum absolute atomic E-state index is 0.0445. The molecule has 0 aromatic heterocycles. The second kappa shape index (κ2) is 53.3. The van der Waals surface area contributed by atoms with E-state index in [0.29, 0.717) is 19.3 Å². The molecule has 0 spiro atoms. The molecule has 0 fully saturated rings. The molecule has 0 aliphatic rings. The maximum absolute atomic E-state index is 13.3. The highest BCUT2D eigenvalue weighted by molar-refractivity contribution is 5.77. The van der Waals surface area contributed by atoms with Gasteiger partial charge in [0.05, 0.1) is 25.2 Å². The summed E-state index contributed by atoms with van der Waals surface area (Å²) >= 11 is 0. The first-order valence-electron chi connectivity index (χ1n) is 28.2. The van der Waals surface area contributed by atoms with Crippen LogP contribution in [0.4, 0.5) is 0 Å². The van der Waals surface area contributed by atoms with Gasteiger partial charge in [0.25, 0.3) is 0 Å². The quantitative estimate of drug-likeness (QED) is 0.0244. The van der Waals surface area contributed by atoms with E-state index in [2.05, 4.69) is 62.5 Å². The molecule has 6 heteroatoms. The lowest BCUT2D eigenvalue weighted by atomic mass is 10.0. The van der Waals surface area contributed by atoms with E-state index in [4.69, 9.17) is 4.74 Å². The van der Waals surface area contributed by atoms with Crippen molar-refractivity contribution in [2.45, 2.75) is 289 Å². The average molecular weight is 923 g/mol. The summed E-state index contributed by atoms with van der Waals surface area (Å²) in [6.45, 7) is 6.40. The van der Waals surface area contributed by atoms with Crippen molar-refractivity contribution in [1.82, 2.24) is 5.32 Å². The van der Waals surface area contributed by atoms with Crippen LogP contribution in [0.25, 0.3) is 0 Å². The zero-order valence-corrected chi connectivity index (χ0v) is 43.6. The summed E-state index contributed by atoms with van der Waals surface area (Å²) in [6, 6.07) is -0.721. The van der Waals surface area contributed by atoms with E-state index in [-0.39, 0.29) is 24.9 Å². The summed E-state index contributed by atoms with van der Waals surface area (Å²) in [5.74, 6) is -0.522. The molecule has 0 aliphatic heterocycles. The fraction of sp³-hybridized carbons (Fsp3) is 0.767. The molecule has 6 nitrogen and oxygen atoms in total. The highest BCUT2D eigenvalue weighted by Gasteiger charge is 2.24. The second-order valence-electron chi connectivity index (χ2n) is 19.1. The van der Waals surface area contributed by atoms with Crippen LogP contribution in [0.1, 0.15) is 271 Å². The standard InChI is InChI=1S/C60H107NO5/c1-4-7-10-13-16-19-22-25-28-31-33-36-39-42-45-48-51-56(66-60(65)53-50-47-44-41-38-35-32-29-26-23-20-17-14-11-8-5-2)54-59(64)61-57(55-62)58(63)52-49-46-43-40-37-34-30-27-24-21-18-15-12-9-6-3/h10,13,16,19,22,25,28-29,31-33,36,56-58,62-63H,4-9,11-12,14-15,17-18,20-21,23-24,26-27,30,34-35,37-55H2,1-3H3,(H,61,64)/b13-10+,19-16+,25-22+,31-28+,32-29+,36-33+. The van der Waals surface area contributed by atoms with Crippen LogP contribution >= 0.6 is 0 Å². The molecule has 0 rings (SSSR count). The molecule has 66 heavy (non-hydrogen) atoms. The number of aliphatic hydroxyl groups is 2. The molecular formula is C60H107NO5. The zero-order valence-electron chi connectivity index (χ0n) is 43.6. The van der Waals surface area contributed by atoms with Gasteiger partial charge in [-0.1, -0.05) is 261 Å². The Labute approximate surface area is 409 Å². The lowest BCUT2D eigenvalue weighted by Gasteiger charge is -2.24. The Morgan fingerprint density at radius 2 is 0.818 bits per heavy atom. The highest BCUT2D eigenvalue weighted by Crippen LogP contribution is 2.18. The van der Waals surface area contributed by atoms with Gasteiger partial charge in [0.2, 0.25) is 5.91 Å². The van der Waals surface area contributed by atoms with Gasteiger partial charge in [0, 0.05) is 6.42 Å². The van der Waals surface area contributed by atoms with E-state index in [0.717, 1.165) is 77.0 Å². The Balaban J connectivity index is 4.66. The monoisotopic (exact) mass is 922 g/mol. The summed E-state index contributed by atoms with van der Waals surface area (Å²) in [6.07, 6.45) is 68.1. The SMILES string of the molecule is CCC/C=C/C=C/C=C/C=C/C=C/CCCCCC(CC(=O)NC(CO)C(O)CCCCCCCCCCCCCCCCC)OC(=O)CCCCCCC/C=C/CCCCCCCCC. The molecular weight excluding hydrogens is 815 g/mol. The molecule has 0 radical (unpaired) electrons. The normalized spacial score (nSPS) is 13.7. The van der Waals surface area contributed by atoms with Gasteiger partial charge in [-0.15, -0.1) is 0 Å².